The normalized spacial score (nSPS) is 10.2. The van der Waals surface area contributed by atoms with Crippen LogP contribution in [0.3, 0.4) is 0 Å². The Bertz CT molecular complexity index is 729. The number of hydrogen-bond donors (Lipinski definition) is 2. The van der Waals surface area contributed by atoms with Crippen LogP contribution in [0.4, 0.5) is 14.5 Å². The lowest BCUT2D eigenvalue weighted by Crippen LogP contribution is -2.15. The van der Waals surface area contributed by atoms with E-state index in [0.717, 1.165) is 18.2 Å². The highest BCUT2D eigenvalue weighted by Gasteiger charge is 2.15. The first kappa shape index (κ1) is 14.6. The number of hydrogen-bond acceptors (Lipinski definition) is 2. The van der Waals surface area contributed by atoms with Gasteiger partial charge in [-0.05, 0) is 36.8 Å². The number of carbonyl (C=O) groups is 2. The van der Waals surface area contributed by atoms with Gasteiger partial charge in [0, 0.05) is 0 Å². The van der Waals surface area contributed by atoms with Crippen molar-refractivity contribution in [2.45, 2.75) is 6.92 Å². The number of amides is 1. The van der Waals surface area contributed by atoms with E-state index in [2.05, 4.69) is 5.32 Å². The minimum Gasteiger partial charge on any atom is -0.478 e. The van der Waals surface area contributed by atoms with E-state index in [1.54, 1.807) is 0 Å². The quantitative estimate of drug-likeness (QED) is 0.912. The summed E-state index contributed by atoms with van der Waals surface area (Å²) in [6.45, 7) is 1.51. The number of benzene rings is 2. The average Bonchev–Trinajstić information content (AvgIpc) is 2.43. The third-order valence-electron chi connectivity index (χ3n) is 2.90. The molecule has 0 aromatic heterocycles. The molecule has 0 bridgehead atoms. The van der Waals surface area contributed by atoms with Crippen molar-refractivity contribution in [1.82, 2.24) is 0 Å². The Hall–Kier alpha value is -2.76. The Morgan fingerprint density at radius 3 is 2.48 bits per heavy atom. The molecule has 0 spiro atoms. The first-order valence-corrected chi connectivity index (χ1v) is 5.99. The lowest BCUT2D eigenvalue weighted by Gasteiger charge is -2.08. The summed E-state index contributed by atoms with van der Waals surface area (Å²) < 4.78 is 27.5. The second kappa shape index (κ2) is 5.70. The van der Waals surface area contributed by atoms with Crippen molar-refractivity contribution < 1.29 is 23.5 Å². The number of carboxylic acids is 1. The molecule has 21 heavy (non-hydrogen) atoms. The number of rotatable bonds is 3. The van der Waals surface area contributed by atoms with E-state index in [4.69, 9.17) is 5.11 Å². The van der Waals surface area contributed by atoms with Gasteiger partial charge in [-0.15, -0.1) is 0 Å². The molecule has 0 aliphatic carbocycles. The summed E-state index contributed by atoms with van der Waals surface area (Å²) in [7, 11) is 0. The molecule has 0 atom stereocenters. The number of aryl methyl sites for hydroxylation is 1. The number of halogens is 2. The van der Waals surface area contributed by atoms with Gasteiger partial charge in [0.25, 0.3) is 5.91 Å². The zero-order valence-electron chi connectivity index (χ0n) is 11.0. The van der Waals surface area contributed by atoms with E-state index in [1.165, 1.54) is 25.1 Å². The molecule has 2 rings (SSSR count). The standard InChI is InChI=1S/C15H11F2NO3/c1-8-3-2-4-10(13(8)17)14(19)18-12-6-5-9(15(20)21)7-11(12)16/h2-7H,1H3,(H,18,19)(H,20,21). The summed E-state index contributed by atoms with van der Waals surface area (Å²) in [5.41, 5.74) is -0.376. The fraction of sp³-hybridized carbons (Fsp3) is 0.0667. The van der Waals surface area contributed by atoms with Crippen LogP contribution in [0.15, 0.2) is 36.4 Å². The van der Waals surface area contributed by atoms with Gasteiger partial charge in [0.1, 0.15) is 11.6 Å². The maximum Gasteiger partial charge on any atom is 0.335 e. The second-order valence-corrected chi connectivity index (χ2v) is 4.39. The number of nitrogens with one attached hydrogen (secondary N) is 1. The highest BCUT2D eigenvalue weighted by Crippen LogP contribution is 2.18. The van der Waals surface area contributed by atoms with E-state index in [1.807, 2.05) is 0 Å². The SMILES string of the molecule is Cc1cccc(C(=O)Nc2ccc(C(=O)O)cc2F)c1F. The lowest BCUT2D eigenvalue weighted by atomic mass is 10.1. The molecule has 2 aromatic carbocycles. The van der Waals surface area contributed by atoms with Gasteiger partial charge in [-0.1, -0.05) is 12.1 Å². The third-order valence-corrected chi connectivity index (χ3v) is 2.90. The molecule has 0 radical (unpaired) electrons. The molecule has 0 aliphatic heterocycles. The molecule has 0 saturated heterocycles. The lowest BCUT2D eigenvalue weighted by molar-refractivity contribution is 0.0696. The van der Waals surface area contributed by atoms with Crippen molar-refractivity contribution in [2.75, 3.05) is 5.32 Å². The van der Waals surface area contributed by atoms with Crippen LogP contribution in [0.5, 0.6) is 0 Å². The predicted molar refractivity (Wildman–Crippen MR) is 72.4 cm³/mol. The molecule has 0 heterocycles. The maximum absolute atomic E-state index is 13.8. The molecule has 0 fully saturated rings. The van der Waals surface area contributed by atoms with Crippen molar-refractivity contribution in [3.63, 3.8) is 0 Å². The Morgan fingerprint density at radius 2 is 1.86 bits per heavy atom. The largest absolute Gasteiger partial charge is 0.478 e. The van der Waals surface area contributed by atoms with Gasteiger partial charge >= 0.3 is 5.97 Å². The molecule has 4 nitrogen and oxygen atoms in total. The topological polar surface area (TPSA) is 66.4 Å². The molecule has 6 heteroatoms. The van der Waals surface area contributed by atoms with E-state index >= 15 is 0 Å². The zero-order chi connectivity index (χ0) is 15.6. The van der Waals surface area contributed by atoms with Crippen LogP contribution in [0.1, 0.15) is 26.3 Å². The van der Waals surface area contributed by atoms with Crippen LogP contribution >= 0.6 is 0 Å². The van der Waals surface area contributed by atoms with Crippen LogP contribution in [0.2, 0.25) is 0 Å². The maximum atomic E-state index is 13.8. The molecule has 0 unspecified atom stereocenters. The summed E-state index contributed by atoms with van der Waals surface area (Å²) >= 11 is 0. The Morgan fingerprint density at radius 1 is 1.14 bits per heavy atom. The summed E-state index contributed by atoms with van der Waals surface area (Å²) in [6, 6.07) is 7.34. The van der Waals surface area contributed by atoms with Gasteiger partial charge in [-0.25, -0.2) is 13.6 Å². The molecular formula is C15H11F2NO3. The summed E-state index contributed by atoms with van der Waals surface area (Å²) in [5, 5.41) is 10.9. The van der Waals surface area contributed by atoms with E-state index in [0.29, 0.717) is 5.56 Å². The fourth-order valence-electron chi connectivity index (χ4n) is 1.76. The highest BCUT2D eigenvalue weighted by atomic mass is 19.1. The first-order valence-electron chi connectivity index (χ1n) is 5.99. The van der Waals surface area contributed by atoms with Crippen molar-refractivity contribution >= 4 is 17.6 Å². The Balaban J connectivity index is 2.28. The smallest absolute Gasteiger partial charge is 0.335 e. The van der Waals surface area contributed by atoms with Crippen LogP contribution in [-0.4, -0.2) is 17.0 Å². The Labute approximate surface area is 119 Å². The van der Waals surface area contributed by atoms with Crippen molar-refractivity contribution in [3.8, 4) is 0 Å². The molecule has 108 valence electrons. The van der Waals surface area contributed by atoms with Crippen molar-refractivity contribution in [2.24, 2.45) is 0 Å². The van der Waals surface area contributed by atoms with Crippen LogP contribution in [0, 0.1) is 18.6 Å². The van der Waals surface area contributed by atoms with Gasteiger partial charge < -0.3 is 10.4 Å². The second-order valence-electron chi connectivity index (χ2n) is 4.39. The molecule has 1 amide bonds. The predicted octanol–water partition coefficient (Wildman–Crippen LogP) is 3.22. The molecule has 2 N–H and O–H groups in total. The average molecular weight is 291 g/mol. The van der Waals surface area contributed by atoms with Crippen molar-refractivity contribution in [3.05, 3.63) is 64.7 Å². The first-order chi connectivity index (χ1) is 9.90. The summed E-state index contributed by atoms with van der Waals surface area (Å²) in [5.74, 6) is -3.68. The monoisotopic (exact) mass is 291 g/mol. The summed E-state index contributed by atoms with van der Waals surface area (Å²) in [6.07, 6.45) is 0. The fourth-order valence-corrected chi connectivity index (χ4v) is 1.76. The van der Waals surface area contributed by atoms with E-state index in [-0.39, 0.29) is 16.8 Å². The minimum atomic E-state index is -1.28. The summed E-state index contributed by atoms with van der Waals surface area (Å²) in [4.78, 5) is 22.6. The highest BCUT2D eigenvalue weighted by molar-refractivity contribution is 6.04. The van der Waals surface area contributed by atoms with Crippen LogP contribution in [-0.2, 0) is 0 Å². The van der Waals surface area contributed by atoms with Gasteiger partial charge in [-0.2, -0.15) is 0 Å². The molecule has 2 aromatic rings. The van der Waals surface area contributed by atoms with Crippen molar-refractivity contribution in [1.29, 1.82) is 0 Å². The van der Waals surface area contributed by atoms with Gasteiger partial charge in [-0.3, -0.25) is 4.79 Å². The van der Waals surface area contributed by atoms with Gasteiger partial charge in [0.15, 0.2) is 0 Å². The van der Waals surface area contributed by atoms with Crippen LogP contribution < -0.4 is 5.32 Å². The molecule has 0 saturated carbocycles. The van der Waals surface area contributed by atoms with Gasteiger partial charge in [0.05, 0.1) is 16.8 Å². The number of carbonyl (C=O) groups excluding carboxylic acids is 1. The van der Waals surface area contributed by atoms with E-state index < -0.39 is 23.5 Å². The minimum absolute atomic E-state index is 0.211. The van der Waals surface area contributed by atoms with E-state index in [9.17, 15) is 18.4 Å². The number of carboxylic acid groups (broad SMARTS) is 1. The molecular weight excluding hydrogens is 280 g/mol. The molecule has 0 aliphatic rings. The van der Waals surface area contributed by atoms with Gasteiger partial charge in [0.2, 0.25) is 0 Å². The number of anilines is 1. The van der Waals surface area contributed by atoms with Crippen LogP contribution in [0.25, 0.3) is 0 Å². The zero-order valence-corrected chi connectivity index (χ0v) is 11.0. The third kappa shape index (κ3) is 3.05. The number of aromatic carboxylic acids is 1. The Kier molecular flexibility index (Phi) is 3.98.